The van der Waals surface area contributed by atoms with Crippen molar-refractivity contribution in [3.63, 3.8) is 0 Å². The molecule has 0 radical (unpaired) electrons. The summed E-state index contributed by atoms with van der Waals surface area (Å²) in [6, 6.07) is 8.16. The summed E-state index contributed by atoms with van der Waals surface area (Å²) >= 11 is 0. The Hall–Kier alpha value is -2.51. The van der Waals surface area contributed by atoms with Crippen molar-refractivity contribution in [2.24, 2.45) is 0 Å². The van der Waals surface area contributed by atoms with Gasteiger partial charge in [-0.25, -0.2) is 8.78 Å². The molecular formula is C18H18F2N2O3. The van der Waals surface area contributed by atoms with E-state index in [1.54, 1.807) is 12.1 Å². The van der Waals surface area contributed by atoms with Crippen molar-refractivity contribution in [3.05, 3.63) is 59.2 Å². The average Bonchev–Trinajstić information content (AvgIpc) is 2.60. The topological polar surface area (TPSA) is 70.6 Å². The van der Waals surface area contributed by atoms with Gasteiger partial charge in [-0.15, -0.1) is 0 Å². The molecule has 3 rings (SSSR count). The molecule has 0 spiro atoms. The maximum absolute atomic E-state index is 13.7. The van der Waals surface area contributed by atoms with E-state index in [2.05, 4.69) is 10.6 Å². The van der Waals surface area contributed by atoms with Crippen LogP contribution in [0.5, 0.6) is 5.75 Å². The average molecular weight is 348 g/mol. The minimum Gasteiger partial charge on any atom is -0.482 e. The summed E-state index contributed by atoms with van der Waals surface area (Å²) in [6.45, 7) is 1.90. The van der Waals surface area contributed by atoms with Gasteiger partial charge in [-0.3, -0.25) is 4.79 Å². The fraction of sp³-hybridized carbons (Fsp3) is 0.278. The van der Waals surface area contributed by atoms with Gasteiger partial charge in [0.25, 0.3) is 5.91 Å². The summed E-state index contributed by atoms with van der Waals surface area (Å²) in [6.07, 6.45) is -1.18. The van der Waals surface area contributed by atoms with Crippen LogP contribution in [-0.2, 0) is 4.79 Å². The molecule has 1 amide bonds. The van der Waals surface area contributed by atoms with Gasteiger partial charge in [0.15, 0.2) is 6.61 Å². The predicted octanol–water partition coefficient (Wildman–Crippen LogP) is 2.68. The summed E-state index contributed by atoms with van der Waals surface area (Å²) < 4.78 is 32.2. The summed E-state index contributed by atoms with van der Waals surface area (Å²) in [5.41, 5.74) is 1.35. The molecule has 25 heavy (non-hydrogen) atoms. The highest BCUT2D eigenvalue weighted by atomic mass is 19.1. The van der Waals surface area contributed by atoms with Gasteiger partial charge in [-0.1, -0.05) is 6.07 Å². The molecule has 0 saturated carbocycles. The highest BCUT2D eigenvalue weighted by Gasteiger charge is 2.19. The third-order valence-electron chi connectivity index (χ3n) is 4.07. The molecule has 5 nitrogen and oxygen atoms in total. The van der Waals surface area contributed by atoms with E-state index in [0.29, 0.717) is 11.4 Å². The Morgan fingerprint density at radius 1 is 1.28 bits per heavy atom. The van der Waals surface area contributed by atoms with Crippen LogP contribution in [0.3, 0.4) is 0 Å². The van der Waals surface area contributed by atoms with Crippen LogP contribution in [0.15, 0.2) is 36.4 Å². The van der Waals surface area contributed by atoms with Crippen LogP contribution in [0.1, 0.15) is 30.2 Å². The zero-order valence-electron chi connectivity index (χ0n) is 13.6. The Morgan fingerprint density at radius 2 is 2.08 bits per heavy atom. The van der Waals surface area contributed by atoms with Crippen molar-refractivity contribution in [1.29, 1.82) is 0 Å². The number of rotatable bonds is 5. The van der Waals surface area contributed by atoms with Gasteiger partial charge in [0.05, 0.1) is 11.8 Å². The normalized spacial score (nSPS) is 15.8. The lowest BCUT2D eigenvalue weighted by Crippen LogP contribution is -2.27. The molecule has 0 bridgehead atoms. The van der Waals surface area contributed by atoms with E-state index in [9.17, 15) is 18.7 Å². The van der Waals surface area contributed by atoms with Crippen LogP contribution in [-0.4, -0.2) is 24.2 Å². The molecular weight excluding hydrogens is 330 g/mol. The van der Waals surface area contributed by atoms with Crippen molar-refractivity contribution >= 4 is 11.6 Å². The second-order valence-electron chi connectivity index (χ2n) is 5.90. The molecule has 0 fully saturated rings. The Bertz CT molecular complexity index is 798. The molecule has 1 heterocycles. The number of hydrogen-bond donors (Lipinski definition) is 3. The number of fused-ring (bicyclic) bond motifs is 1. The largest absolute Gasteiger partial charge is 0.482 e. The zero-order chi connectivity index (χ0) is 18.0. The van der Waals surface area contributed by atoms with Crippen LogP contribution < -0.4 is 15.4 Å². The van der Waals surface area contributed by atoms with Gasteiger partial charge in [-0.05, 0) is 42.8 Å². The first-order valence-corrected chi connectivity index (χ1v) is 7.87. The van der Waals surface area contributed by atoms with Gasteiger partial charge in [0, 0.05) is 18.2 Å². The molecule has 2 unspecified atom stereocenters. The van der Waals surface area contributed by atoms with Gasteiger partial charge in [0.2, 0.25) is 0 Å². The van der Waals surface area contributed by atoms with Crippen LogP contribution in [0.4, 0.5) is 14.5 Å². The molecule has 0 aliphatic carbocycles. The number of amides is 1. The van der Waals surface area contributed by atoms with E-state index in [1.807, 2.05) is 13.0 Å². The number of halogens is 2. The third kappa shape index (κ3) is 3.94. The van der Waals surface area contributed by atoms with Crippen LogP contribution in [0, 0.1) is 11.6 Å². The number of benzene rings is 2. The Kier molecular flexibility index (Phi) is 4.96. The minimum absolute atomic E-state index is 0.00839. The van der Waals surface area contributed by atoms with Crippen molar-refractivity contribution in [3.8, 4) is 5.75 Å². The number of nitrogens with one attached hydrogen (secondary N) is 2. The highest BCUT2D eigenvalue weighted by molar-refractivity contribution is 5.95. The van der Waals surface area contributed by atoms with E-state index in [0.717, 1.165) is 23.8 Å². The van der Waals surface area contributed by atoms with Crippen molar-refractivity contribution in [2.45, 2.75) is 19.1 Å². The molecule has 3 N–H and O–H groups in total. The third-order valence-corrected chi connectivity index (χ3v) is 4.07. The van der Waals surface area contributed by atoms with E-state index < -0.39 is 17.7 Å². The monoisotopic (exact) mass is 348 g/mol. The van der Waals surface area contributed by atoms with Crippen LogP contribution in [0.2, 0.25) is 0 Å². The van der Waals surface area contributed by atoms with Crippen molar-refractivity contribution in [1.82, 2.24) is 5.32 Å². The Morgan fingerprint density at radius 3 is 2.88 bits per heavy atom. The smallest absolute Gasteiger partial charge is 0.262 e. The summed E-state index contributed by atoms with van der Waals surface area (Å²) in [5, 5.41) is 15.9. The van der Waals surface area contributed by atoms with Crippen LogP contribution >= 0.6 is 0 Å². The maximum atomic E-state index is 13.7. The van der Waals surface area contributed by atoms with Gasteiger partial charge < -0.3 is 20.5 Å². The van der Waals surface area contributed by atoms with Gasteiger partial charge in [0.1, 0.15) is 17.4 Å². The highest BCUT2D eigenvalue weighted by Crippen LogP contribution is 2.30. The molecule has 1 aliphatic rings. The van der Waals surface area contributed by atoms with Gasteiger partial charge >= 0.3 is 0 Å². The Labute approximate surface area is 143 Å². The minimum atomic E-state index is -1.18. The van der Waals surface area contributed by atoms with Crippen molar-refractivity contribution in [2.75, 3.05) is 18.5 Å². The number of ether oxygens (including phenoxy) is 1. The second-order valence-corrected chi connectivity index (χ2v) is 5.90. The number of aliphatic hydroxyl groups excluding tert-OH is 1. The van der Waals surface area contributed by atoms with Crippen molar-refractivity contribution < 1.29 is 23.4 Å². The molecule has 1 aliphatic heterocycles. The van der Waals surface area contributed by atoms with E-state index in [-0.39, 0.29) is 30.7 Å². The predicted molar refractivity (Wildman–Crippen MR) is 88.3 cm³/mol. The van der Waals surface area contributed by atoms with E-state index in [1.165, 1.54) is 0 Å². The SMILES string of the molecule is CC(NCC(O)c1cc(F)ccc1F)c1ccc2c(c1)NC(=O)CO2. The van der Waals surface area contributed by atoms with Crippen LogP contribution in [0.25, 0.3) is 0 Å². The first-order chi connectivity index (χ1) is 11.9. The first-order valence-electron chi connectivity index (χ1n) is 7.87. The molecule has 2 aromatic carbocycles. The van der Waals surface area contributed by atoms with Gasteiger partial charge in [-0.2, -0.15) is 0 Å². The summed E-state index contributed by atoms with van der Waals surface area (Å²) in [4.78, 5) is 11.4. The quantitative estimate of drug-likeness (QED) is 0.777. The maximum Gasteiger partial charge on any atom is 0.262 e. The molecule has 132 valence electrons. The number of anilines is 1. The first kappa shape index (κ1) is 17.3. The summed E-state index contributed by atoms with van der Waals surface area (Å²) in [7, 11) is 0. The standard InChI is InChI=1S/C18H18F2N2O3/c1-10(11-2-5-17-15(6-11)22-18(24)9-25-17)21-8-16(23)13-7-12(19)3-4-14(13)20/h2-7,10,16,21,23H,8-9H2,1H3,(H,22,24). The summed E-state index contributed by atoms with van der Waals surface area (Å²) in [5.74, 6) is -0.884. The number of carbonyl (C=O) groups is 1. The molecule has 2 atom stereocenters. The lowest BCUT2D eigenvalue weighted by Gasteiger charge is -2.22. The lowest BCUT2D eigenvalue weighted by atomic mass is 10.0. The Balaban J connectivity index is 1.66. The molecule has 0 saturated heterocycles. The molecule has 2 aromatic rings. The number of carbonyl (C=O) groups excluding carboxylic acids is 1. The zero-order valence-corrected chi connectivity index (χ0v) is 13.6. The van der Waals surface area contributed by atoms with E-state index >= 15 is 0 Å². The fourth-order valence-electron chi connectivity index (χ4n) is 2.66. The lowest BCUT2D eigenvalue weighted by molar-refractivity contribution is -0.118. The second kappa shape index (κ2) is 7.16. The van der Waals surface area contributed by atoms with E-state index in [4.69, 9.17) is 4.74 Å². The number of hydrogen-bond acceptors (Lipinski definition) is 4. The molecule has 0 aromatic heterocycles. The molecule has 7 heteroatoms. The number of aliphatic hydroxyl groups is 1. The fourth-order valence-corrected chi connectivity index (χ4v) is 2.66.